The molecule has 0 spiro atoms. The van der Waals surface area contributed by atoms with Gasteiger partial charge in [0.1, 0.15) is 0 Å². The first-order valence-electron chi connectivity index (χ1n) is 13.0. The zero-order valence-corrected chi connectivity index (χ0v) is 21.5. The van der Waals surface area contributed by atoms with Crippen molar-refractivity contribution in [3.05, 3.63) is 48.5 Å². The number of rotatable bonds is 12. The van der Waals surface area contributed by atoms with E-state index in [0.29, 0.717) is 0 Å². The molecule has 4 heteroatoms. The predicted molar refractivity (Wildman–Crippen MR) is 140 cm³/mol. The third-order valence-electron chi connectivity index (χ3n) is 8.55. The summed E-state index contributed by atoms with van der Waals surface area (Å²) in [5.41, 5.74) is 5.43. The van der Waals surface area contributed by atoms with Gasteiger partial charge in [-0.1, -0.05) is 24.3 Å². The van der Waals surface area contributed by atoms with Crippen LogP contribution in [0.25, 0.3) is 0 Å². The molecule has 0 aromatic heterocycles. The SMILES string of the molecule is CC[N+](CC)(CC)CCN1c2ccccc2N(CC[N+](CC)(CC)CC)c2ccccc21. The highest BCUT2D eigenvalue weighted by molar-refractivity contribution is 5.93. The van der Waals surface area contributed by atoms with Gasteiger partial charge in [0.15, 0.2) is 0 Å². The van der Waals surface area contributed by atoms with E-state index in [1.807, 2.05) is 0 Å². The first kappa shape index (κ1) is 24.6. The normalized spacial score (nSPS) is 13.8. The van der Waals surface area contributed by atoms with Gasteiger partial charge in [-0.15, -0.1) is 0 Å². The molecule has 0 amide bonds. The maximum Gasteiger partial charge on any atom is 0.0968 e. The molecule has 176 valence electrons. The lowest BCUT2D eigenvalue weighted by Gasteiger charge is -2.44. The standard InChI is InChI=1S/C28H46N4/c1-7-31(8-2,9-3)23-21-29-25-17-13-15-19-27(25)30(28-20-16-14-18-26(28)29)22-24-32(10-4,11-5)12-6/h13-20H,7-12,21-24H2,1-6H3/q+2. The number of anilines is 4. The van der Waals surface area contributed by atoms with E-state index in [1.54, 1.807) is 0 Å². The Hall–Kier alpha value is -2.04. The summed E-state index contributed by atoms with van der Waals surface area (Å²) >= 11 is 0. The van der Waals surface area contributed by atoms with Gasteiger partial charge < -0.3 is 18.8 Å². The highest BCUT2D eigenvalue weighted by atomic mass is 15.4. The fourth-order valence-corrected chi connectivity index (χ4v) is 5.50. The van der Waals surface area contributed by atoms with Crippen molar-refractivity contribution in [3.63, 3.8) is 0 Å². The summed E-state index contributed by atoms with van der Waals surface area (Å²) in [6.07, 6.45) is 0. The number of fused-ring (bicyclic) bond motifs is 2. The largest absolute Gasteiger partial charge is 0.332 e. The Labute approximate surface area is 197 Å². The van der Waals surface area contributed by atoms with Crippen molar-refractivity contribution in [1.82, 2.24) is 0 Å². The first-order chi connectivity index (χ1) is 15.5. The molecule has 0 atom stereocenters. The molecule has 0 saturated heterocycles. The summed E-state index contributed by atoms with van der Waals surface area (Å²) in [6.45, 7) is 25.7. The Morgan fingerprint density at radius 1 is 0.469 bits per heavy atom. The fraction of sp³-hybridized carbons (Fsp3) is 0.571. The molecule has 0 saturated carbocycles. The van der Waals surface area contributed by atoms with Crippen molar-refractivity contribution in [2.45, 2.75) is 41.5 Å². The average molecular weight is 439 g/mol. The second kappa shape index (κ2) is 10.7. The van der Waals surface area contributed by atoms with Crippen molar-refractivity contribution >= 4 is 22.7 Å². The highest BCUT2D eigenvalue weighted by Gasteiger charge is 2.32. The monoisotopic (exact) mass is 438 g/mol. The Kier molecular flexibility index (Phi) is 8.24. The summed E-state index contributed by atoms with van der Waals surface area (Å²) in [7, 11) is 0. The Morgan fingerprint density at radius 2 is 0.719 bits per heavy atom. The third-order valence-corrected chi connectivity index (χ3v) is 8.55. The highest BCUT2D eigenvalue weighted by Crippen LogP contribution is 2.47. The number of hydrogen-bond acceptors (Lipinski definition) is 2. The maximum absolute atomic E-state index is 2.58. The van der Waals surface area contributed by atoms with Crippen molar-refractivity contribution < 1.29 is 8.97 Å². The van der Waals surface area contributed by atoms with Gasteiger partial charge in [0.05, 0.1) is 88.2 Å². The van der Waals surface area contributed by atoms with E-state index in [9.17, 15) is 0 Å². The number of para-hydroxylation sites is 4. The van der Waals surface area contributed by atoms with Crippen LogP contribution in [0.1, 0.15) is 41.5 Å². The van der Waals surface area contributed by atoms with Crippen molar-refractivity contribution in [2.24, 2.45) is 0 Å². The molecule has 0 aliphatic carbocycles. The molecule has 2 aromatic rings. The van der Waals surface area contributed by atoms with Crippen LogP contribution in [0.4, 0.5) is 22.7 Å². The van der Waals surface area contributed by atoms with Crippen LogP contribution in [0.3, 0.4) is 0 Å². The molecule has 0 bridgehead atoms. The van der Waals surface area contributed by atoms with Crippen LogP contribution in [0, 0.1) is 0 Å². The minimum Gasteiger partial charge on any atom is -0.332 e. The Bertz CT molecular complexity index is 720. The van der Waals surface area contributed by atoms with E-state index in [4.69, 9.17) is 0 Å². The van der Waals surface area contributed by atoms with E-state index < -0.39 is 0 Å². The molecule has 3 rings (SSSR count). The van der Waals surface area contributed by atoms with E-state index in [0.717, 1.165) is 13.1 Å². The maximum atomic E-state index is 2.58. The fourth-order valence-electron chi connectivity index (χ4n) is 5.50. The van der Waals surface area contributed by atoms with Gasteiger partial charge >= 0.3 is 0 Å². The van der Waals surface area contributed by atoms with Gasteiger partial charge in [0.2, 0.25) is 0 Å². The van der Waals surface area contributed by atoms with Crippen LogP contribution in [0.15, 0.2) is 48.5 Å². The number of likely N-dealkylation sites (N-methyl/N-ethyl adjacent to an activating group) is 2. The van der Waals surface area contributed by atoms with Gasteiger partial charge in [-0.3, -0.25) is 0 Å². The van der Waals surface area contributed by atoms with Gasteiger partial charge in [0.25, 0.3) is 0 Å². The topological polar surface area (TPSA) is 6.48 Å². The van der Waals surface area contributed by atoms with Crippen LogP contribution in [-0.4, -0.2) is 74.4 Å². The second-order valence-corrected chi connectivity index (χ2v) is 9.31. The summed E-state index contributed by atoms with van der Waals surface area (Å²) in [5, 5.41) is 0. The number of quaternary nitrogens is 2. The lowest BCUT2D eigenvalue weighted by molar-refractivity contribution is -0.921. The lowest BCUT2D eigenvalue weighted by Crippen LogP contribution is -2.52. The van der Waals surface area contributed by atoms with Gasteiger partial charge in [-0.05, 0) is 65.8 Å². The third kappa shape index (κ3) is 4.67. The van der Waals surface area contributed by atoms with Crippen LogP contribution >= 0.6 is 0 Å². The van der Waals surface area contributed by atoms with E-state index in [2.05, 4.69) is 99.9 Å². The molecule has 2 aromatic carbocycles. The van der Waals surface area contributed by atoms with E-state index in [1.165, 1.54) is 84.1 Å². The van der Waals surface area contributed by atoms with Crippen molar-refractivity contribution in [2.75, 3.05) is 75.2 Å². The molecule has 0 radical (unpaired) electrons. The van der Waals surface area contributed by atoms with Crippen LogP contribution in [-0.2, 0) is 0 Å². The van der Waals surface area contributed by atoms with Gasteiger partial charge in [-0.25, -0.2) is 0 Å². The molecule has 0 N–H and O–H groups in total. The number of nitrogens with zero attached hydrogens (tertiary/aromatic N) is 4. The zero-order chi connectivity index (χ0) is 23.2. The molecular formula is C28H46N4+2. The first-order valence-corrected chi connectivity index (χ1v) is 13.0. The van der Waals surface area contributed by atoms with Crippen LogP contribution < -0.4 is 9.80 Å². The Morgan fingerprint density at radius 3 is 0.938 bits per heavy atom. The minimum absolute atomic E-state index is 1.05. The van der Waals surface area contributed by atoms with Crippen molar-refractivity contribution in [3.8, 4) is 0 Å². The second-order valence-electron chi connectivity index (χ2n) is 9.31. The van der Waals surface area contributed by atoms with E-state index in [-0.39, 0.29) is 0 Å². The molecular weight excluding hydrogens is 392 g/mol. The molecule has 1 aliphatic heterocycles. The molecule has 1 aliphatic rings. The molecule has 4 nitrogen and oxygen atoms in total. The average Bonchev–Trinajstić information content (AvgIpc) is 2.86. The van der Waals surface area contributed by atoms with Gasteiger partial charge in [-0.2, -0.15) is 0 Å². The lowest BCUT2D eigenvalue weighted by atomic mass is 10.1. The minimum atomic E-state index is 1.05. The molecule has 32 heavy (non-hydrogen) atoms. The molecule has 0 fully saturated rings. The smallest absolute Gasteiger partial charge is 0.0968 e. The van der Waals surface area contributed by atoms with Crippen LogP contribution in [0.5, 0.6) is 0 Å². The zero-order valence-electron chi connectivity index (χ0n) is 21.5. The number of benzene rings is 2. The van der Waals surface area contributed by atoms with E-state index >= 15 is 0 Å². The quantitative estimate of drug-likeness (QED) is 0.373. The molecule has 1 heterocycles. The number of hydrogen-bond donors (Lipinski definition) is 0. The van der Waals surface area contributed by atoms with Crippen LogP contribution in [0.2, 0.25) is 0 Å². The van der Waals surface area contributed by atoms with Gasteiger partial charge in [0, 0.05) is 0 Å². The summed E-state index contributed by atoms with van der Waals surface area (Å²) in [4.78, 5) is 5.16. The predicted octanol–water partition coefficient (Wildman–Crippen LogP) is 6.03. The van der Waals surface area contributed by atoms with Crippen molar-refractivity contribution in [1.29, 1.82) is 0 Å². The summed E-state index contributed by atoms with van der Waals surface area (Å²) in [5.74, 6) is 0. The molecule has 0 unspecified atom stereocenters. The Balaban J connectivity index is 1.96. The summed E-state index contributed by atoms with van der Waals surface area (Å²) < 4.78 is 2.35. The summed E-state index contributed by atoms with van der Waals surface area (Å²) in [6, 6.07) is 18.1.